The van der Waals surface area contributed by atoms with Gasteiger partial charge >= 0.3 is 11.9 Å². The maximum Gasteiger partial charge on any atom is 0.315 e. The third-order valence-corrected chi connectivity index (χ3v) is 8.61. The predicted octanol–water partition coefficient (Wildman–Crippen LogP) is 6.21. The fourth-order valence-corrected chi connectivity index (χ4v) is 6.35. The maximum absolute atomic E-state index is 13.5. The molecular formula is C30H40N2O6. The molecule has 0 saturated carbocycles. The number of hydrogen-bond donors (Lipinski definition) is 0. The minimum atomic E-state index is -0.985. The molecule has 0 fully saturated rings. The summed E-state index contributed by atoms with van der Waals surface area (Å²) in [5, 5.41) is 11.6. The van der Waals surface area contributed by atoms with Gasteiger partial charge in [-0.3, -0.25) is 24.7 Å². The molecule has 1 aliphatic carbocycles. The van der Waals surface area contributed by atoms with Gasteiger partial charge in [0.1, 0.15) is 5.92 Å². The normalized spacial score (nSPS) is 28.0. The Hall–Kier alpha value is -3.29. The van der Waals surface area contributed by atoms with Crippen LogP contribution in [0.1, 0.15) is 72.3 Å². The Morgan fingerprint density at radius 2 is 1.82 bits per heavy atom. The van der Waals surface area contributed by atoms with Gasteiger partial charge in [0.15, 0.2) is 0 Å². The molecule has 0 amide bonds. The Labute approximate surface area is 225 Å². The average molecular weight is 525 g/mol. The number of nitro groups is 1. The van der Waals surface area contributed by atoms with Gasteiger partial charge in [0.2, 0.25) is 0 Å². The maximum atomic E-state index is 13.5. The van der Waals surface area contributed by atoms with Crippen molar-refractivity contribution in [1.29, 1.82) is 0 Å². The number of allylic oxidation sites excluding steroid dienone is 3. The van der Waals surface area contributed by atoms with Crippen LogP contribution >= 0.6 is 0 Å². The van der Waals surface area contributed by atoms with Gasteiger partial charge in [-0.05, 0) is 56.6 Å². The van der Waals surface area contributed by atoms with Gasteiger partial charge < -0.3 is 9.47 Å². The zero-order valence-corrected chi connectivity index (χ0v) is 23.7. The second-order valence-corrected chi connectivity index (χ2v) is 11.4. The highest BCUT2D eigenvalue weighted by Crippen LogP contribution is 2.50. The average Bonchev–Trinajstić information content (AvgIpc) is 2.86. The van der Waals surface area contributed by atoms with Crippen LogP contribution in [0.5, 0.6) is 0 Å². The van der Waals surface area contributed by atoms with Crippen molar-refractivity contribution in [2.24, 2.45) is 28.2 Å². The second-order valence-electron chi connectivity index (χ2n) is 11.4. The Kier molecular flexibility index (Phi) is 8.64. The number of rotatable bonds is 7. The number of esters is 2. The summed E-state index contributed by atoms with van der Waals surface area (Å²) in [6, 6.07) is 6.09. The quantitative estimate of drug-likeness (QED) is 0.238. The van der Waals surface area contributed by atoms with E-state index in [1.54, 1.807) is 19.1 Å². The monoisotopic (exact) mass is 524 g/mol. The van der Waals surface area contributed by atoms with E-state index in [1.165, 1.54) is 37.5 Å². The first-order chi connectivity index (χ1) is 17.8. The summed E-state index contributed by atoms with van der Waals surface area (Å²) in [7, 11) is 2.60. The van der Waals surface area contributed by atoms with Crippen molar-refractivity contribution in [2.75, 3.05) is 14.2 Å². The van der Waals surface area contributed by atoms with Crippen LogP contribution in [-0.2, 0) is 19.1 Å². The summed E-state index contributed by atoms with van der Waals surface area (Å²) in [5.41, 5.74) is 2.62. The first-order valence-electron chi connectivity index (χ1n) is 13.1. The highest BCUT2D eigenvalue weighted by atomic mass is 16.6. The number of methoxy groups -OCH3 is 2. The smallest absolute Gasteiger partial charge is 0.315 e. The summed E-state index contributed by atoms with van der Waals surface area (Å²) in [6.45, 7) is 12.3. The van der Waals surface area contributed by atoms with E-state index >= 15 is 0 Å². The van der Waals surface area contributed by atoms with Crippen LogP contribution in [0.3, 0.4) is 0 Å². The molecule has 38 heavy (non-hydrogen) atoms. The van der Waals surface area contributed by atoms with Crippen molar-refractivity contribution < 1.29 is 24.0 Å². The van der Waals surface area contributed by atoms with Gasteiger partial charge in [0, 0.05) is 29.7 Å². The molecule has 206 valence electrons. The van der Waals surface area contributed by atoms with E-state index in [0.29, 0.717) is 11.3 Å². The van der Waals surface area contributed by atoms with Crippen LogP contribution in [0.2, 0.25) is 0 Å². The second kappa shape index (κ2) is 11.2. The summed E-state index contributed by atoms with van der Waals surface area (Å²) in [4.78, 5) is 42.6. The highest BCUT2D eigenvalue weighted by molar-refractivity contribution is 6.04. The van der Waals surface area contributed by atoms with E-state index in [-0.39, 0.29) is 17.0 Å². The van der Waals surface area contributed by atoms with Crippen molar-refractivity contribution in [3.63, 3.8) is 0 Å². The summed E-state index contributed by atoms with van der Waals surface area (Å²) in [5.74, 6) is -3.84. The largest absolute Gasteiger partial charge is 0.469 e. The molecule has 2 aliphatic rings. The molecular weight excluding hydrogens is 484 g/mol. The SMILES string of the molecule is COC(=O)C1C(C)=NC(C)(C(C)C=CC2=C(C)CCCC2(C)C)C(C(=O)OC)C1c1cccc([N+](=O)[O-])c1. The Morgan fingerprint density at radius 1 is 1.16 bits per heavy atom. The van der Waals surface area contributed by atoms with Crippen molar-refractivity contribution >= 4 is 23.3 Å². The predicted molar refractivity (Wildman–Crippen MR) is 147 cm³/mol. The number of ether oxygens (including phenoxy) is 2. The molecule has 0 aromatic heterocycles. The fraction of sp³-hybridized carbons (Fsp3) is 0.567. The van der Waals surface area contributed by atoms with Crippen LogP contribution in [0.4, 0.5) is 5.69 Å². The lowest BCUT2D eigenvalue weighted by atomic mass is 9.61. The van der Waals surface area contributed by atoms with Crippen molar-refractivity contribution in [3.05, 3.63) is 63.2 Å². The Balaban J connectivity index is 2.20. The molecule has 3 rings (SSSR count). The molecule has 8 nitrogen and oxygen atoms in total. The van der Waals surface area contributed by atoms with Gasteiger partial charge in [-0.2, -0.15) is 0 Å². The number of benzene rings is 1. The van der Waals surface area contributed by atoms with Gasteiger partial charge in [-0.1, -0.05) is 50.6 Å². The zero-order valence-electron chi connectivity index (χ0n) is 23.7. The van der Waals surface area contributed by atoms with Crippen LogP contribution in [-0.4, -0.2) is 42.3 Å². The van der Waals surface area contributed by atoms with E-state index < -0.39 is 40.2 Å². The van der Waals surface area contributed by atoms with Crippen molar-refractivity contribution in [3.8, 4) is 0 Å². The molecule has 1 aromatic carbocycles. The number of carbonyl (C=O) groups excluding carboxylic acids is 2. The van der Waals surface area contributed by atoms with E-state index in [4.69, 9.17) is 14.5 Å². The number of carbonyl (C=O) groups is 2. The van der Waals surface area contributed by atoms with Crippen LogP contribution < -0.4 is 0 Å². The van der Waals surface area contributed by atoms with Gasteiger partial charge in [0.05, 0.1) is 30.6 Å². The molecule has 1 heterocycles. The third kappa shape index (κ3) is 5.45. The van der Waals surface area contributed by atoms with Crippen LogP contribution in [0.25, 0.3) is 0 Å². The van der Waals surface area contributed by atoms with E-state index in [1.807, 2.05) is 13.8 Å². The van der Waals surface area contributed by atoms with E-state index in [9.17, 15) is 19.7 Å². The molecule has 0 bridgehead atoms. The van der Waals surface area contributed by atoms with Gasteiger partial charge in [-0.25, -0.2) is 0 Å². The summed E-state index contributed by atoms with van der Waals surface area (Å²) >= 11 is 0. The number of aliphatic imine (C=N–C) groups is 1. The first-order valence-corrected chi connectivity index (χ1v) is 13.1. The lowest BCUT2D eigenvalue weighted by Crippen LogP contribution is -2.54. The van der Waals surface area contributed by atoms with Gasteiger partial charge in [0.25, 0.3) is 5.69 Å². The van der Waals surface area contributed by atoms with Crippen molar-refractivity contribution in [2.45, 2.75) is 72.3 Å². The van der Waals surface area contributed by atoms with Crippen LogP contribution in [0, 0.1) is 33.3 Å². The minimum Gasteiger partial charge on any atom is -0.469 e. The molecule has 8 heteroatoms. The summed E-state index contributed by atoms with van der Waals surface area (Å²) in [6.07, 6.45) is 7.59. The van der Waals surface area contributed by atoms with E-state index in [2.05, 4.69) is 32.9 Å². The van der Waals surface area contributed by atoms with Crippen molar-refractivity contribution in [1.82, 2.24) is 0 Å². The minimum absolute atomic E-state index is 0.0500. The van der Waals surface area contributed by atoms with Gasteiger partial charge in [-0.15, -0.1) is 0 Å². The number of non-ortho nitro benzene ring substituents is 1. The topological polar surface area (TPSA) is 108 Å². The molecule has 1 aromatic rings. The standard InChI is InChI=1S/C30H40N2O6/c1-18-11-10-16-29(4,5)23(18)15-14-19(2)30(6)26(28(34)38-8)25(24(20(3)31-30)27(33)37-7)21-12-9-13-22(17-21)32(35)36/h9,12-15,17,19,24-26H,10-11,16H2,1-8H3. The molecule has 1 aliphatic heterocycles. The third-order valence-electron chi connectivity index (χ3n) is 8.61. The first kappa shape index (κ1) is 29.3. The molecule has 0 spiro atoms. The molecule has 0 saturated heterocycles. The number of nitro benzene ring substituents is 1. The Morgan fingerprint density at radius 3 is 2.39 bits per heavy atom. The zero-order chi connectivity index (χ0) is 28.4. The molecule has 0 radical (unpaired) electrons. The Bertz CT molecular complexity index is 1200. The molecule has 5 atom stereocenters. The molecule has 0 N–H and O–H groups in total. The van der Waals surface area contributed by atoms with E-state index in [0.717, 1.165) is 19.3 Å². The van der Waals surface area contributed by atoms with Crippen LogP contribution in [0.15, 0.2) is 52.6 Å². The number of nitrogens with zero attached hydrogens (tertiary/aromatic N) is 2. The fourth-order valence-electron chi connectivity index (χ4n) is 6.35. The molecule has 5 unspecified atom stereocenters. The lowest BCUT2D eigenvalue weighted by Gasteiger charge is -2.47. The number of hydrogen-bond acceptors (Lipinski definition) is 7. The highest BCUT2D eigenvalue weighted by Gasteiger charge is 2.56. The lowest BCUT2D eigenvalue weighted by molar-refractivity contribution is -0.385. The summed E-state index contributed by atoms with van der Waals surface area (Å²) < 4.78 is 10.4.